The molecule has 3 atom stereocenters. The molecule has 2 amide bonds. The zero-order chi connectivity index (χ0) is 20.3. The van der Waals surface area contributed by atoms with E-state index in [0.717, 1.165) is 5.56 Å². The van der Waals surface area contributed by atoms with E-state index in [0.29, 0.717) is 0 Å². The topological polar surface area (TPSA) is 118 Å². The van der Waals surface area contributed by atoms with Crippen LogP contribution in [0.5, 0.6) is 5.75 Å². The fourth-order valence-corrected chi connectivity index (χ4v) is 2.97. The van der Waals surface area contributed by atoms with Crippen LogP contribution < -0.4 is 10.6 Å². The maximum atomic E-state index is 13.0. The van der Waals surface area contributed by atoms with Gasteiger partial charge in [0.1, 0.15) is 30.2 Å². The van der Waals surface area contributed by atoms with Gasteiger partial charge in [-0.15, -0.1) is 0 Å². The lowest BCUT2D eigenvalue weighted by atomic mass is 9.92. The van der Waals surface area contributed by atoms with Gasteiger partial charge in [0.25, 0.3) is 5.91 Å². The number of nitrogens with one attached hydrogen (secondary N) is 2. The number of hydrogen-bond donors (Lipinski definition) is 3. The predicted octanol–water partition coefficient (Wildman–Crippen LogP) is 1.19. The first-order chi connectivity index (χ1) is 13.3. The van der Waals surface area contributed by atoms with Crippen LogP contribution >= 0.6 is 0 Å². The molecule has 1 aromatic heterocycles. The molecule has 1 aromatic carbocycles. The number of carbonyl (C=O) groups excluding carboxylic acids is 3. The molecular weight excluding hydrogens is 364 g/mol. The van der Waals surface area contributed by atoms with Crippen molar-refractivity contribution in [1.82, 2.24) is 10.6 Å². The van der Waals surface area contributed by atoms with E-state index >= 15 is 0 Å². The average molecular weight is 386 g/mol. The summed E-state index contributed by atoms with van der Waals surface area (Å²) in [7, 11) is 0. The van der Waals surface area contributed by atoms with Gasteiger partial charge >= 0.3 is 0 Å². The average Bonchev–Trinajstić information content (AvgIpc) is 3.28. The minimum atomic E-state index is -1.16. The van der Waals surface area contributed by atoms with E-state index in [-0.39, 0.29) is 30.1 Å². The summed E-state index contributed by atoms with van der Waals surface area (Å²) in [5, 5.41) is 14.9. The second-order valence-corrected chi connectivity index (χ2v) is 6.98. The Kier molecular flexibility index (Phi) is 5.51. The van der Waals surface area contributed by atoms with Crippen LogP contribution in [0.4, 0.5) is 0 Å². The summed E-state index contributed by atoms with van der Waals surface area (Å²) in [6.07, 6.45) is 2.33. The number of benzene rings is 1. The third-order valence-corrected chi connectivity index (χ3v) is 5.02. The fourth-order valence-electron chi connectivity index (χ4n) is 2.97. The van der Waals surface area contributed by atoms with Crippen LogP contribution in [0.2, 0.25) is 0 Å². The molecule has 2 aromatic rings. The zero-order valence-electron chi connectivity index (χ0n) is 15.6. The van der Waals surface area contributed by atoms with Crippen LogP contribution in [0.25, 0.3) is 0 Å². The van der Waals surface area contributed by atoms with E-state index in [4.69, 9.17) is 9.15 Å². The highest BCUT2D eigenvalue weighted by molar-refractivity contribution is 6.00. The maximum absolute atomic E-state index is 13.0. The number of furan rings is 1. The fraction of sp³-hybridized carbons (Fsp3) is 0.350. The number of aromatic hydroxyl groups is 1. The van der Waals surface area contributed by atoms with Gasteiger partial charge in [-0.1, -0.05) is 12.1 Å². The molecule has 0 saturated carbocycles. The van der Waals surface area contributed by atoms with E-state index in [1.807, 2.05) is 0 Å². The quantitative estimate of drug-likeness (QED) is 0.686. The Labute approximate surface area is 161 Å². The van der Waals surface area contributed by atoms with Crippen molar-refractivity contribution in [2.75, 3.05) is 6.61 Å². The number of rotatable bonds is 6. The lowest BCUT2D eigenvalue weighted by Crippen LogP contribution is -2.60. The lowest BCUT2D eigenvalue weighted by Gasteiger charge is -2.29. The molecule has 148 valence electrons. The summed E-state index contributed by atoms with van der Waals surface area (Å²) in [5.74, 6) is -1.10. The highest BCUT2D eigenvalue weighted by Crippen LogP contribution is 2.22. The van der Waals surface area contributed by atoms with E-state index in [9.17, 15) is 19.5 Å². The van der Waals surface area contributed by atoms with Gasteiger partial charge in [-0.05, 0) is 37.6 Å². The molecule has 28 heavy (non-hydrogen) atoms. The second-order valence-electron chi connectivity index (χ2n) is 6.98. The van der Waals surface area contributed by atoms with Crippen molar-refractivity contribution in [3.05, 3.63) is 54.0 Å². The molecular formula is C20H22N2O6. The van der Waals surface area contributed by atoms with E-state index in [1.54, 1.807) is 26.0 Å². The Morgan fingerprint density at radius 2 is 2.00 bits per heavy atom. The molecule has 1 aliphatic rings. The number of hydrogen-bond acceptors (Lipinski definition) is 6. The number of carbonyl (C=O) groups is 3. The molecule has 8 heteroatoms. The zero-order valence-corrected chi connectivity index (χ0v) is 15.6. The van der Waals surface area contributed by atoms with Crippen molar-refractivity contribution in [2.24, 2.45) is 0 Å². The molecule has 3 rings (SSSR count). The monoisotopic (exact) mass is 386 g/mol. The molecule has 1 fully saturated rings. The second kappa shape index (κ2) is 7.85. The van der Waals surface area contributed by atoms with Gasteiger partial charge in [-0.2, -0.15) is 0 Å². The van der Waals surface area contributed by atoms with E-state index < -0.39 is 29.5 Å². The number of ketones is 1. The summed E-state index contributed by atoms with van der Waals surface area (Å²) in [6, 6.07) is 6.87. The first kappa shape index (κ1) is 19.6. The van der Waals surface area contributed by atoms with Crippen LogP contribution in [-0.4, -0.2) is 47.0 Å². The molecule has 8 nitrogen and oxygen atoms in total. The van der Waals surface area contributed by atoms with Gasteiger partial charge in [-0.25, -0.2) is 0 Å². The predicted molar refractivity (Wildman–Crippen MR) is 98.7 cm³/mol. The third-order valence-electron chi connectivity index (χ3n) is 5.02. The van der Waals surface area contributed by atoms with E-state index in [2.05, 4.69) is 10.6 Å². The number of phenols is 1. The Hall–Kier alpha value is -3.13. The highest BCUT2D eigenvalue weighted by atomic mass is 16.5. The Balaban J connectivity index is 1.80. The summed E-state index contributed by atoms with van der Waals surface area (Å²) < 4.78 is 10.3. The number of phenolic OH excluding ortho intramolecular Hbond substituents is 1. The molecule has 1 aliphatic heterocycles. The molecule has 0 aliphatic carbocycles. The normalized spacial score (nSPS) is 22.6. The number of amides is 2. The van der Waals surface area contributed by atoms with Crippen LogP contribution in [0.3, 0.4) is 0 Å². The SMILES string of the molecule is C[C@H]1OCC(=O)[C@]1(C)NC(=O)C(Cc1ccc(O)cc1)NC(=O)c1ccoc1. The van der Waals surface area contributed by atoms with Crippen molar-refractivity contribution < 1.29 is 28.6 Å². The summed E-state index contributed by atoms with van der Waals surface area (Å²) >= 11 is 0. The van der Waals surface area contributed by atoms with E-state index in [1.165, 1.54) is 30.7 Å². The van der Waals surface area contributed by atoms with Crippen molar-refractivity contribution in [3.63, 3.8) is 0 Å². The number of Topliss-reactive ketones (excluding diaryl/α,β-unsaturated/α-hetero) is 1. The summed E-state index contributed by atoms with van der Waals surface area (Å²) in [4.78, 5) is 37.6. The Morgan fingerprint density at radius 3 is 2.57 bits per heavy atom. The van der Waals surface area contributed by atoms with Crippen molar-refractivity contribution in [3.8, 4) is 5.75 Å². The van der Waals surface area contributed by atoms with Gasteiger partial charge in [0.05, 0.1) is 17.9 Å². The summed E-state index contributed by atoms with van der Waals surface area (Å²) in [6.45, 7) is 3.26. The first-order valence-corrected chi connectivity index (χ1v) is 8.87. The Morgan fingerprint density at radius 1 is 1.29 bits per heavy atom. The highest BCUT2D eigenvalue weighted by Gasteiger charge is 2.47. The molecule has 0 spiro atoms. The van der Waals surface area contributed by atoms with Gasteiger partial charge in [-0.3, -0.25) is 14.4 Å². The minimum Gasteiger partial charge on any atom is -0.508 e. The smallest absolute Gasteiger partial charge is 0.255 e. The van der Waals surface area contributed by atoms with Gasteiger partial charge in [0.15, 0.2) is 5.78 Å². The van der Waals surface area contributed by atoms with Crippen molar-refractivity contribution >= 4 is 17.6 Å². The van der Waals surface area contributed by atoms with Crippen LogP contribution in [0, 0.1) is 0 Å². The molecule has 0 radical (unpaired) electrons. The minimum absolute atomic E-state index is 0.0675. The molecule has 0 bridgehead atoms. The third kappa shape index (κ3) is 4.07. The maximum Gasteiger partial charge on any atom is 0.255 e. The molecule has 1 saturated heterocycles. The molecule has 2 heterocycles. The standard InChI is InChI=1S/C20H22N2O6/c1-12-20(2,17(24)11-28-12)22-19(26)16(9-13-3-5-15(23)6-4-13)21-18(25)14-7-8-27-10-14/h3-8,10,12,16,23H,9,11H2,1-2H3,(H,21,25)(H,22,26)/t12-,16?,20-/m1/s1. The lowest BCUT2D eigenvalue weighted by molar-refractivity contribution is -0.130. The van der Waals surface area contributed by atoms with Crippen LogP contribution in [0.1, 0.15) is 29.8 Å². The van der Waals surface area contributed by atoms with Gasteiger partial charge < -0.3 is 24.9 Å². The summed E-state index contributed by atoms with van der Waals surface area (Å²) in [5.41, 5.74) is -0.147. The Bertz CT molecular complexity index is 861. The van der Waals surface area contributed by atoms with Crippen molar-refractivity contribution in [2.45, 2.75) is 38.0 Å². The first-order valence-electron chi connectivity index (χ1n) is 8.87. The number of ether oxygens (including phenoxy) is 1. The van der Waals surface area contributed by atoms with Crippen molar-refractivity contribution in [1.29, 1.82) is 0 Å². The largest absolute Gasteiger partial charge is 0.508 e. The molecule has 3 N–H and O–H groups in total. The molecule has 1 unspecified atom stereocenters. The van der Waals surface area contributed by atoms with Crippen LogP contribution in [0.15, 0.2) is 47.3 Å². The van der Waals surface area contributed by atoms with Gasteiger partial charge in [0.2, 0.25) is 5.91 Å². The van der Waals surface area contributed by atoms with Gasteiger partial charge in [0, 0.05) is 6.42 Å². The van der Waals surface area contributed by atoms with Crippen LogP contribution in [-0.2, 0) is 20.7 Å².